The number of carboxylic acids is 1. The predicted molar refractivity (Wildman–Crippen MR) is 120 cm³/mol. The molecule has 0 saturated carbocycles. The van der Waals surface area contributed by atoms with Gasteiger partial charge in [0.2, 0.25) is 0 Å². The highest BCUT2D eigenvalue weighted by Gasteiger charge is 2.35. The average Bonchev–Trinajstić information content (AvgIpc) is 3.20. The van der Waals surface area contributed by atoms with Crippen LogP contribution in [0.15, 0.2) is 72.4 Å². The molecule has 0 spiro atoms. The summed E-state index contributed by atoms with van der Waals surface area (Å²) in [6.45, 7) is 1.99. The van der Waals surface area contributed by atoms with Crippen LogP contribution in [0.3, 0.4) is 0 Å². The van der Waals surface area contributed by atoms with Gasteiger partial charge in [0.05, 0.1) is 11.3 Å². The molecule has 1 saturated heterocycles. The van der Waals surface area contributed by atoms with E-state index in [1.807, 2.05) is 48.0 Å². The highest BCUT2D eigenvalue weighted by molar-refractivity contribution is 7.80. The molecule has 0 radical (unpaired) electrons. The van der Waals surface area contributed by atoms with E-state index in [0.29, 0.717) is 5.69 Å². The SMILES string of the molecule is Cc1ccc(-n2cccc2C=C2C(=O)NC(=S)N(c3cccc(C(=O)O)c3)C2=O)cc1. The van der Waals surface area contributed by atoms with Crippen LogP contribution in [0.25, 0.3) is 11.8 Å². The lowest BCUT2D eigenvalue weighted by atomic mass is 10.1. The summed E-state index contributed by atoms with van der Waals surface area (Å²) < 4.78 is 1.86. The van der Waals surface area contributed by atoms with E-state index in [-0.39, 0.29) is 21.9 Å². The summed E-state index contributed by atoms with van der Waals surface area (Å²) in [5.41, 5.74) is 2.78. The molecule has 0 unspecified atom stereocenters. The van der Waals surface area contributed by atoms with Gasteiger partial charge < -0.3 is 9.67 Å². The summed E-state index contributed by atoms with van der Waals surface area (Å²) in [6, 6.07) is 17.2. The van der Waals surface area contributed by atoms with Crippen molar-refractivity contribution < 1.29 is 19.5 Å². The Morgan fingerprint density at radius 2 is 1.77 bits per heavy atom. The van der Waals surface area contributed by atoms with E-state index in [9.17, 15) is 19.5 Å². The number of nitrogens with zero attached hydrogens (tertiary/aromatic N) is 2. The number of thiocarbonyl (C=S) groups is 1. The Balaban J connectivity index is 1.74. The zero-order chi connectivity index (χ0) is 22.1. The standard InChI is InChI=1S/C23H17N3O4S/c1-14-7-9-16(10-8-14)25-11-3-6-17(25)13-19-20(27)24-23(31)26(21(19)28)18-5-2-4-15(12-18)22(29)30/h2-13H,1H3,(H,29,30)(H,24,27,31). The number of hydrogen-bond acceptors (Lipinski definition) is 4. The normalized spacial score (nSPS) is 15.3. The van der Waals surface area contributed by atoms with E-state index >= 15 is 0 Å². The first kappa shape index (κ1) is 20.2. The van der Waals surface area contributed by atoms with Crippen LogP contribution in [0.1, 0.15) is 21.6 Å². The molecule has 8 heteroatoms. The van der Waals surface area contributed by atoms with Crippen LogP contribution in [0.5, 0.6) is 0 Å². The molecule has 7 nitrogen and oxygen atoms in total. The van der Waals surface area contributed by atoms with E-state index < -0.39 is 17.8 Å². The van der Waals surface area contributed by atoms with Gasteiger partial charge >= 0.3 is 5.97 Å². The molecule has 1 fully saturated rings. The Hall–Kier alpha value is -4.04. The molecule has 0 bridgehead atoms. The van der Waals surface area contributed by atoms with Crippen LogP contribution in [0.2, 0.25) is 0 Å². The lowest BCUT2D eigenvalue weighted by Crippen LogP contribution is -2.54. The number of nitrogens with one attached hydrogen (secondary N) is 1. The second kappa shape index (κ2) is 8.00. The molecule has 3 aromatic rings. The topological polar surface area (TPSA) is 91.6 Å². The summed E-state index contributed by atoms with van der Waals surface area (Å²) in [4.78, 5) is 38.2. The number of benzene rings is 2. The van der Waals surface area contributed by atoms with Crippen LogP contribution < -0.4 is 10.2 Å². The van der Waals surface area contributed by atoms with Crippen molar-refractivity contribution in [1.82, 2.24) is 9.88 Å². The molecule has 2 N–H and O–H groups in total. The number of carboxylic acid groups (broad SMARTS) is 1. The number of hydrogen-bond donors (Lipinski definition) is 2. The van der Waals surface area contributed by atoms with Crippen molar-refractivity contribution in [2.75, 3.05) is 4.90 Å². The van der Waals surface area contributed by atoms with Gasteiger partial charge in [-0.3, -0.25) is 19.8 Å². The second-order valence-corrected chi connectivity index (χ2v) is 7.34. The third kappa shape index (κ3) is 3.88. The number of anilines is 1. The number of carbonyl (C=O) groups is 3. The number of carbonyl (C=O) groups excluding carboxylic acids is 2. The second-order valence-electron chi connectivity index (χ2n) is 6.95. The van der Waals surface area contributed by atoms with Crippen LogP contribution in [0.4, 0.5) is 5.69 Å². The fourth-order valence-corrected chi connectivity index (χ4v) is 3.55. The molecular weight excluding hydrogens is 414 g/mol. The van der Waals surface area contributed by atoms with Gasteiger partial charge in [0.15, 0.2) is 5.11 Å². The van der Waals surface area contributed by atoms with E-state index in [1.54, 1.807) is 12.1 Å². The summed E-state index contributed by atoms with van der Waals surface area (Å²) >= 11 is 5.18. The summed E-state index contributed by atoms with van der Waals surface area (Å²) in [6.07, 6.45) is 3.33. The van der Waals surface area contributed by atoms with Gasteiger partial charge in [0.25, 0.3) is 11.8 Å². The van der Waals surface area contributed by atoms with Crippen LogP contribution in [-0.2, 0) is 9.59 Å². The van der Waals surface area contributed by atoms with Crippen molar-refractivity contribution in [3.05, 3.63) is 89.3 Å². The molecule has 1 aliphatic rings. The number of aromatic nitrogens is 1. The van der Waals surface area contributed by atoms with E-state index in [0.717, 1.165) is 16.2 Å². The first-order chi connectivity index (χ1) is 14.8. The predicted octanol–water partition coefficient (Wildman–Crippen LogP) is 3.32. The number of aryl methyl sites for hydroxylation is 1. The van der Waals surface area contributed by atoms with Crippen molar-refractivity contribution in [2.24, 2.45) is 0 Å². The largest absolute Gasteiger partial charge is 0.478 e. The Morgan fingerprint density at radius 1 is 1.03 bits per heavy atom. The molecule has 0 aliphatic carbocycles. The maximum Gasteiger partial charge on any atom is 0.335 e. The number of amides is 2. The first-order valence-electron chi connectivity index (χ1n) is 9.34. The molecule has 2 heterocycles. The van der Waals surface area contributed by atoms with Crippen LogP contribution in [-0.4, -0.2) is 32.6 Å². The van der Waals surface area contributed by atoms with Crippen molar-refractivity contribution in [3.63, 3.8) is 0 Å². The molecule has 4 rings (SSSR count). The lowest BCUT2D eigenvalue weighted by molar-refractivity contribution is -0.122. The fraction of sp³-hybridized carbons (Fsp3) is 0.0435. The third-order valence-corrected chi connectivity index (χ3v) is 5.12. The van der Waals surface area contributed by atoms with Crippen LogP contribution in [0, 0.1) is 6.92 Å². The molecular formula is C23H17N3O4S. The van der Waals surface area contributed by atoms with Crippen LogP contribution >= 0.6 is 12.2 Å². The van der Waals surface area contributed by atoms with Crippen molar-refractivity contribution in [3.8, 4) is 5.69 Å². The monoisotopic (exact) mass is 431 g/mol. The minimum Gasteiger partial charge on any atom is -0.478 e. The Labute approximate surface area is 183 Å². The Kier molecular flexibility index (Phi) is 5.22. The van der Waals surface area contributed by atoms with Gasteiger partial charge in [-0.05, 0) is 67.7 Å². The summed E-state index contributed by atoms with van der Waals surface area (Å²) in [5.74, 6) is -2.38. The van der Waals surface area contributed by atoms with Gasteiger partial charge in [-0.2, -0.15) is 0 Å². The average molecular weight is 431 g/mol. The van der Waals surface area contributed by atoms with Gasteiger partial charge in [-0.15, -0.1) is 0 Å². The van der Waals surface area contributed by atoms with Gasteiger partial charge in [-0.25, -0.2) is 4.79 Å². The first-order valence-corrected chi connectivity index (χ1v) is 9.75. The molecule has 2 aromatic carbocycles. The minimum atomic E-state index is -1.13. The maximum atomic E-state index is 13.2. The molecule has 1 aromatic heterocycles. The summed E-state index contributed by atoms with van der Waals surface area (Å²) in [5, 5.41) is 11.6. The zero-order valence-electron chi connectivity index (χ0n) is 16.4. The van der Waals surface area contributed by atoms with Crippen molar-refractivity contribution in [1.29, 1.82) is 0 Å². The lowest BCUT2D eigenvalue weighted by Gasteiger charge is -2.29. The molecule has 31 heavy (non-hydrogen) atoms. The van der Waals surface area contributed by atoms with Gasteiger partial charge in [0.1, 0.15) is 5.57 Å². The molecule has 0 atom stereocenters. The van der Waals surface area contributed by atoms with E-state index in [4.69, 9.17) is 12.2 Å². The fourth-order valence-electron chi connectivity index (χ4n) is 3.27. The zero-order valence-corrected chi connectivity index (χ0v) is 17.2. The Morgan fingerprint density at radius 3 is 2.48 bits per heavy atom. The number of aromatic carboxylic acids is 1. The highest BCUT2D eigenvalue weighted by atomic mass is 32.1. The summed E-state index contributed by atoms with van der Waals surface area (Å²) in [7, 11) is 0. The van der Waals surface area contributed by atoms with Gasteiger partial charge in [-0.1, -0.05) is 23.8 Å². The molecule has 2 amide bonds. The minimum absolute atomic E-state index is 0.00350. The van der Waals surface area contributed by atoms with E-state index in [1.165, 1.54) is 24.3 Å². The van der Waals surface area contributed by atoms with E-state index in [2.05, 4.69) is 5.32 Å². The smallest absolute Gasteiger partial charge is 0.335 e. The Bertz CT molecular complexity index is 1260. The quantitative estimate of drug-likeness (QED) is 0.376. The van der Waals surface area contributed by atoms with Crippen molar-refractivity contribution in [2.45, 2.75) is 6.92 Å². The highest BCUT2D eigenvalue weighted by Crippen LogP contribution is 2.24. The number of rotatable bonds is 4. The third-order valence-electron chi connectivity index (χ3n) is 4.84. The van der Waals surface area contributed by atoms with Gasteiger partial charge in [0, 0.05) is 17.6 Å². The molecule has 154 valence electrons. The maximum absolute atomic E-state index is 13.2. The van der Waals surface area contributed by atoms with Crippen molar-refractivity contribution >= 4 is 46.9 Å². The molecule has 1 aliphatic heterocycles.